The summed E-state index contributed by atoms with van der Waals surface area (Å²) < 4.78 is 7.47. The zero-order valence-corrected chi connectivity index (χ0v) is 16.4. The average Bonchev–Trinajstić information content (AvgIpc) is 3.18. The van der Waals surface area contributed by atoms with Crippen molar-refractivity contribution in [3.05, 3.63) is 57.7 Å². The van der Waals surface area contributed by atoms with Crippen LogP contribution < -0.4 is 0 Å². The van der Waals surface area contributed by atoms with Gasteiger partial charge in [0.15, 0.2) is 0 Å². The van der Waals surface area contributed by atoms with Crippen molar-refractivity contribution in [2.24, 2.45) is 0 Å². The van der Waals surface area contributed by atoms with Crippen molar-refractivity contribution in [1.82, 2.24) is 9.47 Å². The van der Waals surface area contributed by atoms with Crippen molar-refractivity contribution in [3.8, 4) is 5.69 Å². The fraction of sp³-hybridized carbons (Fsp3) is 0.167. The van der Waals surface area contributed by atoms with Crippen LogP contribution in [0.4, 0.5) is 4.79 Å². The van der Waals surface area contributed by atoms with Crippen molar-refractivity contribution in [1.29, 1.82) is 0 Å². The van der Waals surface area contributed by atoms with Gasteiger partial charge in [-0.15, -0.1) is 0 Å². The third kappa shape index (κ3) is 3.47. The number of halogens is 1. The molecule has 0 radical (unpaired) electrons. The van der Waals surface area contributed by atoms with Crippen molar-refractivity contribution < 1.29 is 19.1 Å². The van der Waals surface area contributed by atoms with E-state index in [1.54, 1.807) is 6.08 Å². The Bertz CT molecular complexity index is 921. The van der Waals surface area contributed by atoms with Gasteiger partial charge in [-0.05, 0) is 55.1 Å². The number of carbonyl (C=O) groups excluding carboxylic acids is 3. The molecule has 1 saturated heterocycles. The largest absolute Gasteiger partial charge is 0.467 e. The van der Waals surface area contributed by atoms with Gasteiger partial charge in [-0.3, -0.25) is 14.5 Å². The molecule has 0 spiro atoms. The summed E-state index contributed by atoms with van der Waals surface area (Å²) in [6.45, 7) is 1.47. The minimum Gasteiger partial charge on any atom is -0.467 e. The van der Waals surface area contributed by atoms with Gasteiger partial charge in [0.2, 0.25) is 0 Å². The van der Waals surface area contributed by atoms with E-state index in [1.165, 1.54) is 14.0 Å². The third-order valence-corrected chi connectivity index (χ3v) is 5.28. The number of hydrogen-bond donors (Lipinski definition) is 0. The molecule has 2 aromatic rings. The first kappa shape index (κ1) is 18.5. The summed E-state index contributed by atoms with van der Waals surface area (Å²) in [7, 11) is 1.22. The van der Waals surface area contributed by atoms with Crippen molar-refractivity contribution in [3.63, 3.8) is 0 Å². The first-order chi connectivity index (χ1) is 12.4. The van der Waals surface area contributed by atoms with Crippen LogP contribution in [0.5, 0.6) is 0 Å². The minimum atomic E-state index is -0.963. The summed E-state index contributed by atoms with van der Waals surface area (Å²) in [5, 5.41) is -0.486. The van der Waals surface area contributed by atoms with Gasteiger partial charge in [-0.2, -0.15) is 0 Å². The lowest BCUT2D eigenvalue weighted by molar-refractivity contribution is -0.148. The van der Waals surface area contributed by atoms with Gasteiger partial charge >= 0.3 is 5.97 Å². The van der Waals surface area contributed by atoms with Crippen LogP contribution in [0.1, 0.15) is 12.6 Å². The zero-order valence-electron chi connectivity index (χ0n) is 14.0. The quantitative estimate of drug-likeness (QED) is 0.539. The number of amides is 2. The molecule has 1 aliphatic rings. The normalized spacial score (nSPS) is 17.0. The predicted octanol–water partition coefficient (Wildman–Crippen LogP) is 3.84. The Labute approximate surface area is 162 Å². The second kappa shape index (κ2) is 7.51. The molecular formula is C18H15BrN2O4S. The molecule has 0 aliphatic carbocycles. The van der Waals surface area contributed by atoms with Crippen molar-refractivity contribution in [2.45, 2.75) is 13.0 Å². The standard InChI is InChI=1S/C18H15BrN2O4S/c1-11(17(23)25-2)21-16(22)15(26-18(21)24)10-14-7-4-8-20(14)13-6-3-5-12(19)9-13/h3-11H,1-2H3/b15-10+/t11-/m0/s1. The predicted molar refractivity (Wildman–Crippen MR) is 103 cm³/mol. The van der Waals surface area contributed by atoms with E-state index in [0.29, 0.717) is 0 Å². The fourth-order valence-corrected chi connectivity index (χ4v) is 3.88. The Balaban J connectivity index is 1.93. The fourth-order valence-electron chi connectivity index (χ4n) is 2.60. The lowest BCUT2D eigenvalue weighted by Gasteiger charge is -2.18. The number of hydrogen-bond acceptors (Lipinski definition) is 5. The zero-order chi connectivity index (χ0) is 18.8. The van der Waals surface area contributed by atoms with Crippen LogP contribution in [0.25, 0.3) is 11.8 Å². The summed E-state index contributed by atoms with van der Waals surface area (Å²) >= 11 is 4.25. The van der Waals surface area contributed by atoms with E-state index in [4.69, 9.17) is 0 Å². The molecule has 1 fully saturated rings. The third-order valence-electron chi connectivity index (χ3n) is 3.90. The van der Waals surface area contributed by atoms with Gasteiger partial charge in [0.25, 0.3) is 11.1 Å². The Morgan fingerprint density at radius 2 is 2.04 bits per heavy atom. The Kier molecular flexibility index (Phi) is 5.33. The molecule has 0 saturated carbocycles. The maximum atomic E-state index is 12.6. The van der Waals surface area contributed by atoms with Gasteiger partial charge in [-0.1, -0.05) is 22.0 Å². The van der Waals surface area contributed by atoms with Crippen LogP contribution in [-0.2, 0) is 14.3 Å². The average molecular weight is 435 g/mol. The number of aromatic nitrogens is 1. The number of thioether (sulfide) groups is 1. The second-order valence-corrected chi connectivity index (χ2v) is 7.44. The summed E-state index contributed by atoms with van der Waals surface area (Å²) in [4.78, 5) is 37.7. The maximum absolute atomic E-state index is 12.6. The second-order valence-electron chi connectivity index (χ2n) is 5.53. The van der Waals surface area contributed by atoms with Crippen LogP contribution >= 0.6 is 27.7 Å². The van der Waals surface area contributed by atoms with Crippen LogP contribution in [0.15, 0.2) is 52.0 Å². The number of methoxy groups -OCH3 is 1. The molecule has 6 nitrogen and oxygen atoms in total. The number of carbonyl (C=O) groups is 3. The van der Waals surface area contributed by atoms with Gasteiger partial charge in [-0.25, -0.2) is 4.79 Å². The number of rotatable bonds is 4. The van der Waals surface area contributed by atoms with E-state index in [1.807, 2.05) is 47.2 Å². The summed E-state index contributed by atoms with van der Waals surface area (Å²) in [5.74, 6) is -1.13. The number of esters is 1. The minimum absolute atomic E-state index is 0.265. The number of benzene rings is 1. The van der Waals surface area contributed by atoms with E-state index >= 15 is 0 Å². The summed E-state index contributed by atoms with van der Waals surface area (Å²) in [6, 6.07) is 10.5. The topological polar surface area (TPSA) is 68.6 Å². The number of ether oxygens (including phenoxy) is 1. The molecule has 1 aromatic carbocycles. The lowest BCUT2D eigenvalue weighted by Crippen LogP contribution is -2.42. The first-order valence-corrected chi connectivity index (χ1v) is 9.31. The van der Waals surface area contributed by atoms with Crippen molar-refractivity contribution in [2.75, 3.05) is 7.11 Å². The Morgan fingerprint density at radius 1 is 1.27 bits per heavy atom. The Hall–Kier alpha value is -2.32. The van der Waals surface area contributed by atoms with E-state index in [9.17, 15) is 14.4 Å². The molecule has 0 bridgehead atoms. The molecule has 1 aromatic heterocycles. The molecule has 134 valence electrons. The van der Waals surface area contributed by atoms with E-state index in [-0.39, 0.29) is 4.91 Å². The highest BCUT2D eigenvalue weighted by molar-refractivity contribution is 9.10. The van der Waals surface area contributed by atoms with Crippen LogP contribution in [0.3, 0.4) is 0 Å². The molecule has 26 heavy (non-hydrogen) atoms. The van der Waals surface area contributed by atoms with E-state index in [2.05, 4.69) is 20.7 Å². The molecule has 8 heteroatoms. The van der Waals surface area contributed by atoms with Gasteiger partial charge < -0.3 is 9.30 Å². The van der Waals surface area contributed by atoms with Gasteiger partial charge in [0, 0.05) is 22.1 Å². The van der Waals surface area contributed by atoms with Crippen LogP contribution in [0, 0.1) is 0 Å². The highest BCUT2D eigenvalue weighted by Crippen LogP contribution is 2.34. The van der Waals surface area contributed by atoms with Crippen molar-refractivity contribution >= 4 is 50.9 Å². The molecule has 1 aliphatic heterocycles. The Morgan fingerprint density at radius 3 is 2.73 bits per heavy atom. The van der Waals surface area contributed by atoms with Gasteiger partial charge in [0.05, 0.1) is 12.0 Å². The molecule has 3 rings (SSSR count). The number of nitrogens with zero attached hydrogens (tertiary/aromatic N) is 2. The highest BCUT2D eigenvalue weighted by atomic mass is 79.9. The van der Waals surface area contributed by atoms with Crippen LogP contribution in [-0.4, -0.2) is 39.7 Å². The summed E-state index contributed by atoms with van der Waals surface area (Å²) in [6.07, 6.45) is 3.52. The molecule has 1 atom stereocenters. The molecule has 0 unspecified atom stereocenters. The maximum Gasteiger partial charge on any atom is 0.328 e. The molecule has 0 N–H and O–H groups in total. The SMILES string of the molecule is COC(=O)[C@H](C)N1C(=O)S/C(=C/c2cccn2-c2cccc(Br)c2)C1=O. The van der Waals surface area contributed by atoms with Gasteiger partial charge in [0.1, 0.15) is 6.04 Å². The van der Waals surface area contributed by atoms with E-state index in [0.717, 1.165) is 32.5 Å². The molecule has 2 amide bonds. The monoisotopic (exact) mass is 434 g/mol. The molecular weight excluding hydrogens is 420 g/mol. The van der Waals surface area contributed by atoms with E-state index < -0.39 is 23.2 Å². The smallest absolute Gasteiger partial charge is 0.328 e. The lowest BCUT2D eigenvalue weighted by atomic mass is 10.2. The highest BCUT2D eigenvalue weighted by Gasteiger charge is 2.41. The first-order valence-electron chi connectivity index (χ1n) is 7.70. The number of imide groups is 1. The molecule has 2 heterocycles. The van der Waals surface area contributed by atoms with Crippen LogP contribution in [0.2, 0.25) is 0 Å². The summed E-state index contributed by atoms with van der Waals surface area (Å²) in [5.41, 5.74) is 1.66.